The molecule has 0 aliphatic heterocycles. The number of anilines is 4. The summed E-state index contributed by atoms with van der Waals surface area (Å²) in [4.78, 5) is 23.8. The summed E-state index contributed by atoms with van der Waals surface area (Å²) < 4.78 is 27.3. The maximum absolute atomic E-state index is 12.5. The molecular formula is C19H21N7O3S. The van der Waals surface area contributed by atoms with Crippen molar-refractivity contribution < 1.29 is 13.2 Å². The lowest BCUT2D eigenvalue weighted by Gasteiger charge is -2.10. The van der Waals surface area contributed by atoms with Crippen molar-refractivity contribution in [3.05, 3.63) is 60.9 Å². The third-order valence-electron chi connectivity index (χ3n) is 3.79. The van der Waals surface area contributed by atoms with Crippen molar-refractivity contribution in [1.82, 2.24) is 20.4 Å². The highest BCUT2D eigenvalue weighted by atomic mass is 32.2. The topological polar surface area (TPSA) is 138 Å². The number of carbonyl (C=O) groups excluding carboxylic acids is 1. The number of amides is 1. The summed E-state index contributed by atoms with van der Waals surface area (Å²) in [6.45, 7) is 1.91. The number of hydrogen-bond acceptors (Lipinski definition) is 8. The average molecular weight is 427 g/mol. The van der Waals surface area contributed by atoms with Crippen LogP contribution in [0.25, 0.3) is 0 Å². The molecule has 4 N–H and O–H groups in total. The zero-order valence-corrected chi connectivity index (χ0v) is 17.0. The zero-order chi connectivity index (χ0) is 21.4. The van der Waals surface area contributed by atoms with Gasteiger partial charge >= 0.3 is 0 Å². The van der Waals surface area contributed by atoms with E-state index in [4.69, 9.17) is 0 Å². The monoisotopic (exact) mass is 427 g/mol. The Bertz CT molecular complexity index is 1090. The molecule has 2 aromatic heterocycles. The Morgan fingerprint density at radius 3 is 2.47 bits per heavy atom. The SMILES string of the molecule is CCCC(=O)NNc1nccc(Nc2ccc(S(=O)(=O)Nc3ccccn3)cc2)n1. The molecular weight excluding hydrogens is 406 g/mol. The predicted octanol–water partition coefficient (Wildman–Crippen LogP) is 2.66. The lowest BCUT2D eigenvalue weighted by Crippen LogP contribution is -2.29. The van der Waals surface area contributed by atoms with E-state index >= 15 is 0 Å². The molecule has 0 aliphatic carbocycles. The Kier molecular flexibility index (Phi) is 6.75. The highest BCUT2D eigenvalue weighted by molar-refractivity contribution is 7.92. The van der Waals surface area contributed by atoms with Crippen LogP contribution in [0.4, 0.5) is 23.3 Å². The number of aromatic nitrogens is 3. The van der Waals surface area contributed by atoms with E-state index in [1.54, 1.807) is 36.4 Å². The number of pyridine rings is 1. The molecule has 3 aromatic rings. The number of hydrazine groups is 1. The van der Waals surface area contributed by atoms with Crippen LogP contribution in [0.5, 0.6) is 0 Å². The van der Waals surface area contributed by atoms with Crippen LogP contribution in [-0.4, -0.2) is 29.3 Å². The van der Waals surface area contributed by atoms with Gasteiger partial charge in [0, 0.05) is 24.5 Å². The highest BCUT2D eigenvalue weighted by Gasteiger charge is 2.14. The van der Waals surface area contributed by atoms with Gasteiger partial charge in [0.25, 0.3) is 10.0 Å². The Morgan fingerprint density at radius 2 is 1.77 bits per heavy atom. The van der Waals surface area contributed by atoms with Gasteiger partial charge in [0.1, 0.15) is 11.6 Å². The van der Waals surface area contributed by atoms with Crippen LogP contribution in [0.1, 0.15) is 19.8 Å². The van der Waals surface area contributed by atoms with Gasteiger partial charge in [0.2, 0.25) is 11.9 Å². The predicted molar refractivity (Wildman–Crippen MR) is 113 cm³/mol. The first-order chi connectivity index (χ1) is 14.5. The summed E-state index contributed by atoms with van der Waals surface area (Å²) in [6, 6.07) is 12.8. The average Bonchev–Trinajstić information content (AvgIpc) is 2.74. The highest BCUT2D eigenvalue weighted by Crippen LogP contribution is 2.19. The fraction of sp³-hybridized carbons (Fsp3) is 0.158. The molecule has 0 radical (unpaired) electrons. The van der Waals surface area contributed by atoms with Crippen molar-refractivity contribution >= 4 is 39.2 Å². The number of nitrogens with one attached hydrogen (secondary N) is 4. The molecule has 10 nitrogen and oxygen atoms in total. The zero-order valence-electron chi connectivity index (χ0n) is 16.2. The molecule has 0 saturated heterocycles. The van der Waals surface area contributed by atoms with Gasteiger partial charge in [-0.15, -0.1) is 0 Å². The van der Waals surface area contributed by atoms with Crippen molar-refractivity contribution in [2.45, 2.75) is 24.7 Å². The lowest BCUT2D eigenvalue weighted by molar-refractivity contribution is -0.120. The van der Waals surface area contributed by atoms with Crippen LogP contribution in [0, 0.1) is 0 Å². The minimum absolute atomic E-state index is 0.0994. The summed E-state index contributed by atoms with van der Waals surface area (Å²) in [5, 5.41) is 3.05. The Labute approximate surface area is 174 Å². The van der Waals surface area contributed by atoms with Crippen LogP contribution >= 0.6 is 0 Å². The number of hydrogen-bond donors (Lipinski definition) is 4. The van der Waals surface area contributed by atoms with Crippen molar-refractivity contribution in [1.29, 1.82) is 0 Å². The summed E-state index contributed by atoms with van der Waals surface area (Å²) >= 11 is 0. The van der Waals surface area contributed by atoms with Gasteiger partial charge in [-0.2, -0.15) is 4.98 Å². The molecule has 0 unspecified atom stereocenters. The summed E-state index contributed by atoms with van der Waals surface area (Å²) in [6.07, 6.45) is 4.17. The van der Waals surface area contributed by atoms with Crippen molar-refractivity contribution in [3.8, 4) is 0 Å². The number of sulfonamides is 1. The first-order valence-corrected chi connectivity index (χ1v) is 10.6. The van der Waals surface area contributed by atoms with E-state index in [-0.39, 0.29) is 22.6 Å². The van der Waals surface area contributed by atoms with Gasteiger partial charge in [-0.05, 0) is 48.9 Å². The third kappa shape index (κ3) is 5.88. The molecule has 0 spiro atoms. The second kappa shape index (κ2) is 9.65. The van der Waals surface area contributed by atoms with E-state index in [1.807, 2.05) is 6.92 Å². The molecule has 0 saturated carbocycles. The second-order valence-electron chi connectivity index (χ2n) is 6.16. The van der Waals surface area contributed by atoms with Gasteiger partial charge in [0.05, 0.1) is 4.90 Å². The minimum atomic E-state index is -3.75. The van der Waals surface area contributed by atoms with E-state index in [9.17, 15) is 13.2 Å². The van der Waals surface area contributed by atoms with Gasteiger partial charge in [0.15, 0.2) is 0 Å². The first-order valence-electron chi connectivity index (χ1n) is 9.15. The van der Waals surface area contributed by atoms with Crippen LogP contribution in [0.3, 0.4) is 0 Å². The van der Waals surface area contributed by atoms with Crippen LogP contribution in [-0.2, 0) is 14.8 Å². The van der Waals surface area contributed by atoms with Crippen LogP contribution in [0.15, 0.2) is 65.8 Å². The fourth-order valence-electron chi connectivity index (χ4n) is 2.39. The number of benzene rings is 1. The smallest absolute Gasteiger partial charge is 0.263 e. The maximum Gasteiger partial charge on any atom is 0.263 e. The maximum atomic E-state index is 12.5. The normalized spacial score (nSPS) is 10.8. The van der Waals surface area contributed by atoms with E-state index in [2.05, 4.69) is 35.8 Å². The second-order valence-corrected chi connectivity index (χ2v) is 7.84. The Morgan fingerprint density at radius 1 is 0.967 bits per heavy atom. The van der Waals surface area contributed by atoms with Gasteiger partial charge in [-0.25, -0.2) is 18.4 Å². The van der Waals surface area contributed by atoms with Crippen molar-refractivity contribution in [2.75, 3.05) is 15.5 Å². The van der Waals surface area contributed by atoms with Crippen molar-refractivity contribution in [3.63, 3.8) is 0 Å². The fourth-order valence-corrected chi connectivity index (χ4v) is 3.40. The molecule has 0 aliphatic rings. The Balaban J connectivity index is 1.64. The van der Waals surface area contributed by atoms with Crippen molar-refractivity contribution in [2.24, 2.45) is 0 Å². The third-order valence-corrected chi connectivity index (χ3v) is 5.16. The number of nitrogens with zero attached hydrogens (tertiary/aromatic N) is 3. The van der Waals surface area contributed by atoms with E-state index in [0.717, 1.165) is 6.42 Å². The van der Waals surface area contributed by atoms with Gasteiger partial charge < -0.3 is 5.32 Å². The molecule has 0 atom stereocenters. The molecule has 11 heteroatoms. The molecule has 1 amide bonds. The van der Waals surface area contributed by atoms with Gasteiger partial charge in [-0.3, -0.25) is 20.4 Å². The first kappa shape index (κ1) is 21.0. The number of rotatable bonds is 9. The molecule has 156 valence electrons. The number of carbonyl (C=O) groups is 1. The lowest BCUT2D eigenvalue weighted by atomic mass is 10.3. The van der Waals surface area contributed by atoms with Crippen LogP contribution in [0.2, 0.25) is 0 Å². The van der Waals surface area contributed by atoms with Gasteiger partial charge in [-0.1, -0.05) is 13.0 Å². The summed E-state index contributed by atoms with van der Waals surface area (Å²) in [5.41, 5.74) is 5.80. The molecule has 0 fully saturated rings. The molecule has 0 bridgehead atoms. The summed E-state index contributed by atoms with van der Waals surface area (Å²) in [7, 11) is -3.75. The van der Waals surface area contributed by atoms with E-state index < -0.39 is 10.0 Å². The largest absolute Gasteiger partial charge is 0.340 e. The standard InChI is InChI=1S/C19H21N7O3S/c1-2-5-18(27)24-25-19-21-13-11-17(23-19)22-14-7-9-15(10-8-14)30(28,29)26-16-6-3-4-12-20-16/h3-4,6-13H,2,5H2,1H3,(H,20,26)(H,24,27)(H2,21,22,23,25). The molecule has 1 aromatic carbocycles. The molecule has 2 heterocycles. The van der Waals surface area contributed by atoms with E-state index in [0.29, 0.717) is 17.9 Å². The Hall–Kier alpha value is -3.73. The van der Waals surface area contributed by atoms with E-state index in [1.165, 1.54) is 24.5 Å². The quantitative estimate of drug-likeness (QED) is 0.382. The van der Waals surface area contributed by atoms with Crippen LogP contribution < -0.4 is 20.9 Å². The molecule has 30 heavy (non-hydrogen) atoms. The summed E-state index contributed by atoms with van der Waals surface area (Å²) in [5.74, 6) is 0.782. The minimum Gasteiger partial charge on any atom is -0.340 e. The molecule has 3 rings (SSSR count).